The fourth-order valence-corrected chi connectivity index (χ4v) is 2.95. The summed E-state index contributed by atoms with van der Waals surface area (Å²) < 4.78 is 14.5. The van der Waals surface area contributed by atoms with E-state index in [4.69, 9.17) is 0 Å². The Balaban J connectivity index is 1.66. The zero-order valence-corrected chi connectivity index (χ0v) is 14.5. The minimum atomic E-state index is -0.353. The average molecular weight is 371 g/mol. The lowest BCUT2D eigenvalue weighted by atomic mass is 10.1. The van der Waals surface area contributed by atoms with Gasteiger partial charge in [-0.2, -0.15) is 4.68 Å². The molecular weight excluding hydrogens is 357 g/mol. The molecule has 1 aromatic heterocycles. The summed E-state index contributed by atoms with van der Waals surface area (Å²) in [6.45, 7) is 1.42. The van der Waals surface area contributed by atoms with Crippen molar-refractivity contribution in [2.45, 2.75) is 12.1 Å². The number of aromatic nitrogens is 4. The van der Waals surface area contributed by atoms with E-state index in [0.717, 1.165) is 0 Å². The highest BCUT2D eigenvalue weighted by Crippen LogP contribution is 2.20. The van der Waals surface area contributed by atoms with Gasteiger partial charge in [-0.25, -0.2) is 4.39 Å². The largest absolute Gasteiger partial charge is 0.326 e. The molecule has 0 saturated carbocycles. The maximum absolute atomic E-state index is 13.0. The van der Waals surface area contributed by atoms with Crippen LogP contribution in [0.3, 0.4) is 0 Å². The molecule has 26 heavy (non-hydrogen) atoms. The highest BCUT2D eigenvalue weighted by atomic mass is 32.2. The number of benzene rings is 2. The highest BCUT2D eigenvalue weighted by Gasteiger charge is 2.13. The molecule has 1 N–H and O–H groups in total. The molecule has 7 nitrogen and oxygen atoms in total. The van der Waals surface area contributed by atoms with Crippen LogP contribution in [-0.2, 0) is 4.79 Å². The third kappa shape index (κ3) is 4.31. The minimum absolute atomic E-state index is 0.0990. The number of anilines is 1. The van der Waals surface area contributed by atoms with Crippen molar-refractivity contribution >= 4 is 29.1 Å². The molecule has 0 fully saturated rings. The molecule has 0 saturated heterocycles. The van der Waals surface area contributed by atoms with E-state index < -0.39 is 0 Å². The van der Waals surface area contributed by atoms with Gasteiger partial charge in [-0.05, 0) is 59.0 Å². The quantitative estimate of drug-likeness (QED) is 0.529. The molecule has 0 bridgehead atoms. The van der Waals surface area contributed by atoms with E-state index in [1.807, 2.05) is 0 Å². The van der Waals surface area contributed by atoms with Gasteiger partial charge in [0.05, 0.1) is 11.4 Å². The second kappa shape index (κ2) is 7.87. The standard InChI is InChI=1S/C17H14FN5O2S/c1-11(24)19-14-6-2-12(3-7-14)16(25)10-26-17-20-21-22-23(17)15-8-4-13(18)5-9-15/h2-9H,10H2,1H3,(H,19,24). The fraction of sp³-hybridized carbons (Fsp3) is 0.118. The smallest absolute Gasteiger partial charge is 0.221 e. The van der Waals surface area contributed by atoms with E-state index >= 15 is 0 Å². The first-order valence-electron chi connectivity index (χ1n) is 7.61. The van der Waals surface area contributed by atoms with E-state index in [1.165, 1.54) is 35.5 Å². The number of nitrogens with zero attached hydrogens (tertiary/aromatic N) is 4. The van der Waals surface area contributed by atoms with Crippen LogP contribution in [0.15, 0.2) is 53.7 Å². The van der Waals surface area contributed by atoms with Crippen molar-refractivity contribution in [3.63, 3.8) is 0 Å². The first-order chi connectivity index (χ1) is 12.5. The predicted octanol–water partition coefficient (Wildman–Crippen LogP) is 2.73. The highest BCUT2D eigenvalue weighted by molar-refractivity contribution is 7.99. The number of thioether (sulfide) groups is 1. The Hall–Kier alpha value is -3.07. The van der Waals surface area contributed by atoms with Crippen molar-refractivity contribution < 1.29 is 14.0 Å². The number of amides is 1. The Morgan fingerprint density at radius 3 is 2.46 bits per heavy atom. The molecule has 1 amide bonds. The molecule has 1 heterocycles. The van der Waals surface area contributed by atoms with Crippen LogP contribution < -0.4 is 5.32 Å². The summed E-state index contributed by atoms with van der Waals surface area (Å²) in [4.78, 5) is 23.3. The molecule has 0 unspecified atom stereocenters. The summed E-state index contributed by atoms with van der Waals surface area (Å²) in [6.07, 6.45) is 0. The van der Waals surface area contributed by atoms with Crippen LogP contribution >= 0.6 is 11.8 Å². The van der Waals surface area contributed by atoms with Crippen LogP contribution in [0.2, 0.25) is 0 Å². The van der Waals surface area contributed by atoms with Gasteiger partial charge in [-0.1, -0.05) is 11.8 Å². The first-order valence-corrected chi connectivity index (χ1v) is 8.59. The van der Waals surface area contributed by atoms with Crippen molar-refractivity contribution in [1.82, 2.24) is 20.2 Å². The Morgan fingerprint density at radius 2 is 1.81 bits per heavy atom. The number of rotatable bonds is 6. The zero-order chi connectivity index (χ0) is 18.5. The third-order valence-electron chi connectivity index (χ3n) is 3.37. The van der Waals surface area contributed by atoms with Gasteiger partial charge < -0.3 is 5.32 Å². The Bertz CT molecular complexity index is 925. The normalized spacial score (nSPS) is 10.5. The number of nitrogens with one attached hydrogen (secondary N) is 1. The van der Waals surface area contributed by atoms with Crippen molar-refractivity contribution in [3.05, 3.63) is 59.9 Å². The molecule has 0 aliphatic carbocycles. The van der Waals surface area contributed by atoms with E-state index in [0.29, 0.717) is 22.1 Å². The lowest BCUT2D eigenvalue weighted by molar-refractivity contribution is -0.114. The number of Topliss-reactive ketones (excluding diaryl/α,β-unsaturated/α-hetero) is 1. The summed E-state index contributed by atoms with van der Waals surface area (Å²) in [5, 5.41) is 14.4. The average Bonchev–Trinajstić information content (AvgIpc) is 3.09. The van der Waals surface area contributed by atoms with Gasteiger partial charge in [0, 0.05) is 18.2 Å². The Morgan fingerprint density at radius 1 is 1.12 bits per heavy atom. The summed E-state index contributed by atoms with van der Waals surface area (Å²) >= 11 is 1.18. The number of ketones is 1. The monoisotopic (exact) mass is 371 g/mol. The van der Waals surface area contributed by atoms with Crippen LogP contribution in [-0.4, -0.2) is 37.7 Å². The van der Waals surface area contributed by atoms with Gasteiger partial charge in [-0.15, -0.1) is 5.10 Å². The number of hydrogen-bond acceptors (Lipinski definition) is 6. The van der Waals surface area contributed by atoms with E-state index in [-0.39, 0.29) is 23.3 Å². The third-order valence-corrected chi connectivity index (χ3v) is 4.29. The molecule has 2 aromatic carbocycles. The van der Waals surface area contributed by atoms with Gasteiger partial charge >= 0.3 is 0 Å². The van der Waals surface area contributed by atoms with E-state index in [9.17, 15) is 14.0 Å². The first kappa shape index (κ1) is 17.7. The lowest BCUT2D eigenvalue weighted by Gasteiger charge is -2.05. The molecule has 3 aromatic rings. The van der Waals surface area contributed by atoms with Crippen LogP contribution in [0.5, 0.6) is 0 Å². The molecule has 0 spiro atoms. The number of carbonyl (C=O) groups excluding carboxylic acids is 2. The van der Waals surface area contributed by atoms with E-state index in [1.54, 1.807) is 36.4 Å². The number of tetrazole rings is 1. The van der Waals surface area contributed by atoms with Crippen LogP contribution in [0.1, 0.15) is 17.3 Å². The molecule has 0 radical (unpaired) electrons. The summed E-state index contributed by atoms with van der Waals surface area (Å²) in [5.41, 5.74) is 1.75. The van der Waals surface area contributed by atoms with Crippen molar-refractivity contribution in [2.24, 2.45) is 0 Å². The van der Waals surface area contributed by atoms with Gasteiger partial charge in [0.15, 0.2) is 5.78 Å². The minimum Gasteiger partial charge on any atom is -0.326 e. The molecule has 3 rings (SSSR count). The van der Waals surface area contributed by atoms with Crippen molar-refractivity contribution in [2.75, 3.05) is 11.1 Å². The SMILES string of the molecule is CC(=O)Nc1ccc(C(=O)CSc2nnnn2-c2ccc(F)cc2)cc1. The second-order valence-corrected chi connectivity index (χ2v) is 6.26. The number of halogens is 1. The van der Waals surface area contributed by atoms with E-state index in [2.05, 4.69) is 20.8 Å². The maximum Gasteiger partial charge on any atom is 0.221 e. The van der Waals surface area contributed by atoms with Crippen molar-refractivity contribution in [3.8, 4) is 5.69 Å². The van der Waals surface area contributed by atoms with Crippen LogP contribution in [0.25, 0.3) is 5.69 Å². The number of carbonyl (C=O) groups is 2. The second-order valence-electron chi connectivity index (χ2n) is 5.32. The van der Waals surface area contributed by atoms with Gasteiger partial charge in [0.25, 0.3) is 0 Å². The predicted molar refractivity (Wildman–Crippen MR) is 94.9 cm³/mol. The van der Waals surface area contributed by atoms with Crippen molar-refractivity contribution in [1.29, 1.82) is 0 Å². The zero-order valence-electron chi connectivity index (χ0n) is 13.7. The summed E-state index contributed by atoms with van der Waals surface area (Å²) in [7, 11) is 0. The van der Waals surface area contributed by atoms with Gasteiger partial charge in [0.2, 0.25) is 11.1 Å². The van der Waals surface area contributed by atoms with Crippen LogP contribution in [0.4, 0.5) is 10.1 Å². The van der Waals surface area contributed by atoms with Gasteiger partial charge in [0.1, 0.15) is 5.82 Å². The molecule has 0 aliphatic heterocycles. The Kier molecular flexibility index (Phi) is 5.37. The fourth-order valence-electron chi connectivity index (χ4n) is 2.17. The molecule has 0 aliphatic rings. The topological polar surface area (TPSA) is 89.8 Å². The molecule has 132 valence electrons. The van der Waals surface area contributed by atoms with Crippen LogP contribution in [0, 0.1) is 5.82 Å². The summed E-state index contributed by atoms with van der Waals surface area (Å²) in [5.74, 6) is -0.486. The summed E-state index contributed by atoms with van der Waals surface area (Å²) in [6, 6.07) is 12.4. The lowest BCUT2D eigenvalue weighted by Crippen LogP contribution is -2.07. The molecule has 0 atom stereocenters. The van der Waals surface area contributed by atoms with Gasteiger partial charge in [-0.3, -0.25) is 9.59 Å². The molecular formula is C17H14FN5O2S. The number of hydrogen-bond donors (Lipinski definition) is 1. The Labute approximate surface area is 152 Å². The maximum atomic E-state index is 13.0. The molecule has 9 heteroatoms.